The van der Waals surface area contributed by atoms with E-state index in [1.165, 1.54) is 23.2 Å². The molecular formula is C22H26Li2Si. The predicted octanol–water partition coefficient (Wildman–Crippen LogP) is 4.10. The standard InChI is InChI=1S/C22H24Si.2Li.2H/c1-15-11-17-7-3-5-9-19(17)21(15)13-23-14-22-16(2)12-18-8-4-6-10-20(18)22;;;;/h3-12,21-22H,13-14,23H2,1-2H3;;;;. The molecule has 2 aromatic carbocycles. The first kappa shape index (κ1) is 20.6. The van der Waals surface area contributed by atoms with E-state index >= 15 is 0 Å². The second-order valence-corrected chi connectivity index (χ2v) is 8.93. The number of allylic oxidation sites excluding steroid dienone is 2. The van der Waals surface area contributed by atoms with Crippen LogP contribution in [0.1, 0.15) is 47.9 Å². The van der Waals surface area contributed by atoms with E-state index in [9.17, 15) is 0 Å². The van der Waals surface area contributed by atoms with E-state index in [0.717, 1.165) is 0 Å². The molecule has 120 valence electrons. The maximum atomic E-state index is 2.39. The Morgan fingerprint density at radius 2 is 1.08 bits per heavy atom. The van der Waals surface area contributed by atoms with Crippen LogP contribution >= 0.6 is 0 Å². The number of benzene rings is 2. The van der Waals surface area contributed by atoms with Crippen molar-refractivity contribution in [3.8, 4) is 0 Å². The Bertz CT molecular complexity index is 740. The van der Waals surface area contributed by atoms with Gasteiger partial charge in [0.25, 0.3) is 0 Å². The van der Waals surface area contributed by atoms with Crippen LogP contribution in [0.15, 0.2) is 59.7 Å². The number of fused-ring (bicyclic) bond motifs is 2. The molecule has 0 aliphatic heterocycles. The molecule has 25 heavy (non-hydrogen) atoms. The molecule has 0 spiro atoms. The molecule has 0 fully saturated rings. The Hall–Kier alpha value is -0.668. The molecular weight excluding hydrogens is 306 g/mol. The molecule has 2 atom stereocenters. The van der Waals surface area contributed by atoms with Crippen molar-refractivity contribution in [3.63, 3.8) is 0 Å². The molecule has 0 saturated heterocycles. The van der Waals surface area contributed by atoms with Crippen molar-refractivity contribution < 1.29 is 0 Å². The Balaban J connectivity index is 0.00000113. The fourth-order valence-corrected chi connectivity index (χ4v) is 6.98. The van der Waals surface area contributed by atoms with E-state index in [0.29, 0.717) is 11.8 Å². The third-order valence-electron chi connectivity index (χ3n) is 5.59. The molecule has 0 N–H and O–H groups in total. The van der Waals surface area contributed by atoms with Crippen molar-refractivity contribution >= 4 is 59.4 Å². The van der Waals surface area contributed by atoms with Crippen LogP contribution in [0.2, 0.25) is 12.1 Å². The maximum absolute atomic E-state index is 2.39. The molecule has 3 heteroatoms. The van der Waals surface area contributed by atoms with Gasteiger partial charge in [0.1, 0.15) is 0 Å². The summed E-state index contributed by atoms with van der Waals surface area (Å²) in [6.45, 7) is 4.63. The molecule has 4 rings (SSSR count). The zero-order chi connectivity index (χ0) is 15.8. The Morgan fingerprint density at radius 1 is 0.680 bits per heavy atom. The van der Waals surface area contributed by atoms with Crippen molar-refractivity contribution in [2.24, 2.45) is 0 Å². The summed E-state index contributed by atoms with van der Waals surface area (Å²) in [7, 11) is -0.0718. The predicted molar refractivity (Wildman–Crippen MR) is 118 cm³/mol. The SMILES string of the molecule is CC1=Cc2ccccc2C1C[SiH2]CC1C(C)=Cc2ccccc21.[LiH].[LiH]. The molecule has 0 radical (unpaired) electrons. The van der Waals surface area contributed by atoms with Crippen molar-refractivity contribution in [3.05, 3.63) is 81.9 Å². The van der Waals surface area contributed by atoms with Crippen molar-refractivity contribution in [1.29, 1.82) is 0 Å². The number of rotatable bonds is 4. The van der Waals surface area contributed by atoms with Crippen molar-refractivity contribution in [2.45, 2.75) is 37.8 Å². The summed E-state index contributed by atoms with van der Waals surface area (Å²) in [5, 5.41) is 0. The molecule has 0 heterocycles. The fraction of sp³-hybridized carbons (Fsp3) is 0.273. The van der Waals surface area contributed by atoms with Crippen LogP contribution in [-0.4, -0.2) is 47.2 Å². The molecule has 0 saturated carbocycles. The van der Waals surface area contributed by atoms with Gasteiger partial charge in [-0.25, -0.2) is 0 Å². The van der Waals surface area contributed by atoms with Crippen molar-refractivity contribution in [1.82, 2.24) is 0 Å². The summed E-state index contributed by atoms with van der Waals surface area (Å²) in [5.74, 6) is 1.39. The van der Waals surface area contributed by atoms with E-state index in [1.807, 2.05) is 0 Å². The topological polar surface area (TPSA) is 0 Å². The van der Waals surface area contributed by atoms with Crippen LogP contribution in [0.5, 0.6) is 0 Å². The summed E-state index contributed by atoms with van der Waals surface area (Å²) >= 11 is 0. The summed E-state index contributed by atoms with van der Waals surface area (Å²) in [5.41, 5.74) is 9.17. The van der Waals surface area contributed by atoms with Gasteiger partial charge in [0.05, 0.1) is 0 Å². The molecule has 0 amide bonds. The molecule has 2 unspecified atom stereocenters. The van der Waals surface area contributed by atoms with Gasteiger partial charge in [0, 0.05) is 21.4 Å². The number of hydrogen-bond acceptors (Lipinski definition) is 0. The minimum absolute atomic E-state index is 0. The van der Waals surface area contributed by atoms with Gasteiger partial charge in [0.15, 0.2) is 0 Å². The quantitative estimate of drug-likeness (QED) is 0.740. The average molecular weight is 332 g/mol. The Kier molecular flexibility index (Phi) is 7.28. The van der Waals surface area contributed by atoms with E-state index < -0.39 is 0 Å². The van der Waals surface area contributed by atoms with Crippen molar-refractivity contribution in [2.75, 3.05) is 0 Å². The van der Waals surface area contributed by atoms with E-state index in [2.05, 4.69) is 74.5 Å². The van der Waals surface area contributed by atoms with Gasteiger partial charge in [-0.3, -0.25) is 0 Å². The molecule has 2 aliphatic rings. The first-order valence-corrected chi connectivity index (χ1v) is 10.8. The third kappa shape index (κ3) is 4.03. The second kappa shape index (κ2) is 8.81. The number of hydrogen-bond donors (Lipinski definition) is 0. The fourth-order valence-electron chi connectivity index (χ4n) is 4.39. The Labute approximate surface area is 178 Å². The van der Waals surface area contributed by atoms with E-state index in [1.54, 1.807) is 22.3 Å². The van der Waals surface area contributed by atoms with E-state index in [-0.39, 0.29) is 47.2 Å². The van der Waals surface area contributed by atoms with Gasteiger partial charge in [-0.05, 0) is 36.1 Å². The summed E-state index contributed by atoms with van der Waals surface area (Å²) < 4.78 is 0. The van der Waals surface area contributed by atoms with Gasteiger partial charge in [0.2, 0.25) is 0 Å². The van der Waals surface area contributed by atoms with Crippen LogP contribution in [-0.2, 0) is 0 Å². The van der Waals surface area contributed by atoms with Gasteiger partial charge < -0.3 is 0 Å². The summed E-state index contributed by atoms with van der Waals surface area (Å²) in [6, 6.07) is 20.7. The average Bonchev–Trinajstić information content (AvgIpc) is 3.04. The zero-order valence-corrected chi connectivity index (χ0v) is 15.5. The molecule has 0 nitrogen and oxygen atoms in total. The van der Waals surface area contributed by atoms with Crippen LogP contribution in [0.3, 0.4) is 0 Å². The van der Waals surface area contributed by atoms with Crippen LogP contribution in [0, 0.1) is 0 Å². The van der Waals surface area contributed by atoms with Gasteiger partial charge in [-0.15, -0.1) is 0 Å². The summed E-state index contributed by atoms with van der Waals surface area (Å²) in [4.78, 5) is 0. The molecule has 2 aromatic rings. The summed E-state index contributed by atoms with van der Waals surface area (Å²) in [6.07, 6.45) is 4.79. The Morgan fingerprint density at radius 3 is 1.52 bits per heavy atom. The third-order valence-corrected chi connectivity index (χ3v) is 7.57. The minimum atomic E-state index is -0.0718. The normalized spacial score (nSPS) is 20.4. The molecule has 2 aliphatic carbocycles. The van der Waals surface area contributed by atoms with Gasteiger partial charge in [-0.2, -0.15) is 0 Å². The van der Waals surface area contributed by atoms with Crippen LogP contribution in [0.25, 0.3) is 12.2 Å². The first-order chi connectivity index (χ1) is 11.2. The van der Waals surface area contributed by atoms with Gasteiger partial charge in [-0.1, -0.05) is 83.9 Å². The monoisotopic (exact) mass is 332 g/mol. The zero-order valence-electron chi connectivity index (χ0n) is 14.0. The van der Waals surface area contributed by atoms with Gasteiger partial charge >= 0.3 is 37.7 Å². The van der Waals surface area contributed by atoms with Crippen LogP contribution in [0.4, 0.5) is 0 Å². The van der Waals surface area contributed by atoms with Crippen LogP contribution < -0.4 is 0 Å². The molecule has 0 aromatic heterocycles. The molecule has 0 bridgehead atoms. The first-order valence-electron chi connectivity index (χ1n) is 8.78. The van der Waals surface area contributed by atoms with E-state index in [4.69, 9.17) is 0 Å². The second-order valence-electron chi connectivity index (χ2n) is 7.07.